The van der Waals surface area contributed by atoms with Gasteiger partial charge >= 0.3 is 0 Å². The molecule has 26 heavy (non-hydrogen) atoms. The van der Waals surface area contributed by atoms with Crippen molar-refractivity contribution in [2.45, 2.75) is 44.2 Å². The Bertz CT molecular complexity index is 987. The van der Waals surface area contributed by atoms with E-state index < -0.39 is 0 Å². The summed E-state index contributed by atoms with van der Waals surface area (Å²) < 4.78 is 2.41. The van der Waals surface area contributed by atoms with Crippen LogP contribution in [-0.2, 0) is 24.2 Å². The van der Waals surface area contributed by atoms with Gasteiger partial charge in [0.1, 0.15) is 0 Å². The Morgan fingerprint density at radius 2 is 1.85 bits per heavy atom. The number of carbonyl (C=O) groups excluding carboxylic acids is 1. The second kappa shape index (κ2) is 6.01. The summed E-state index contributed by atoms with van der Waals surface area (Å²) in [5.74, 6) is 0.332. The van der Waals surface area contributed by atoms with Gasteiger partial charge in [-0.3, -0.25) is 4.79 Å². The van der Waals surface area contributed by atoms with Crippen molar-refractivity contribution in [1.82, 2.24) is 9.47 Å². The van der Waals surface area contributed by atoms with Crippen molar-refractivity contribution < 1.29 is 4.79 Å². The molecule has 1 aliphatic carbocycles. The van der Waals surface area contributed by atoms with Crippen LogP contribution in [0, 0.1) is 0 Å². The molecule has 0 radical (unpaired) electrons. The first-order valence-electron chi connectivity index (χ1n) is 9.64. The molecule has 0 saturated carbocycles. The van der Waals surface area contributed by atoms with Gasteiger partial charge in [-0.05, 0) is 54.3 Å². The maximum absolute atomic E-state index is 13.2. The second-order valence-corrected chi connectivity index (χ2v) is 7.74. The van der Waals surface area contributed by atoms with Gasteiger partial charge in [0.25, 0.3) is 0 Å². The molecular formula is C23H24N2O. The summed E-state index contributed by atoms with van der Waals surface area (Å²) in [5, 5.41) is 1.31. The van der Waals surface area contributed by atoms with Crippen LogP contribution < -0.4 is 0 Å². The number of rotatable bonds is 2. The first kappa shape index (κ1) is 15.7. The van der Waals surface area contributed by atoms with E-state index in [4.69, 9.17) is 0 Å². The molecule has 3 nitrogen and oxygen atoms in total. The first-order valence-corrected chi connectivity index (χ1v) is 9.64. The van der Waals surface area contributed by atoms with Crippen molar-refractivity contribution in [3.05, 3.63) is 71.4 Å². The predicted octanol–water partition coefficient (Wildman–Crippen LogP) is 4.14. The highest BCUT2D eigenvalue weighted by Crippen LogP contribution is 2.35. The van der Waals surface area contributed by atoms with E-state index in [9.17, 15) is 4.79 Å². The number of amides is 1. The third-order valence-corrected chi connectivity index (χ3v) is 6.35. The number of para-hydroxylation sites is 1. The Morgan fingerprint density at radius 3 is 2.77 bits per heavy atom. The van der Waals surface area contributed by atoms with Crippen LogP contribution in [0.3, 0.4) is 0 Å². The highest BCUT2D eigenvalue weighted by Gasteiger charge is 2.34. The molecule has 0 N–H and O–H groups in total. The summed E-state index contributed by atoms with van der Waals surface area (Å²) in [4.78, 5) is 15.3. The van der Waals surface area contributed by atoms with Gasteiger partial charge in [0.15, 0.2) is 0 Å². The quantitative estimate of drug-likeness (QED) is 0.686. The molecule has 5 rings (SSSR count). The van der Waals surface area contributed by atoms with Gasteiger partial charge in [-0.15, -0.1) is 0 Å². The Labute approximate surface area is 154 Å². The highest BCUT2D eigenvalue weighted by molar-refractivity contribution is 5.85. The molecule has 132 valence electrons. The molecule has 3 heteroatoms. The Balaban J connectivity index is 1.40. The molecule has 3 aromatic rings. The number of aryl methyl sites for hydroxylation is 2. The number of aromatic nitrogens is 1. The van der Waals surface area contributed by atoms with Crippen molar-refractivity contribution in [1.29, 1.82) is 0 Å². The Kier molecular flexibility index (Phi) is 3.63. The van der Waals surface area contributed by atoms with Crippen LogP contribution in [0.5, 0.6) is 0 Å². The van der Waals surface area contributed by atoms with E-state index in [-0.39, 0.29) is 12.0 Å². The minimum atomic E-state index is 0.0407. The van der Waals surface area contributed by atoms with Gasteiger partial charge in [-0.1, -0.05) is 42.5 Å². The summed E-state index contributed by atoms with van der Waals surface area (Å²) in [6.07, 6.45) is 4.07. The van der Waals surface area contributed by atoms with Crippen molar-refractivity contribution in [2.75, 3.05) is 7.05 Å². The molecule has 2 aliphatic rings. The highest BCUT2D eigenvalue weighted by atomic mass is 16.2. The number of nitrogens with zero attached hydrogens (tertiary/aromatic N) is 2. The van der Waals surface area contributed by atoms with Crippen molar-refractivity contribution in [2.24, 2.45) is 0 Å². The molecule has 0 bridgehead atoms. The zero-order valence-electron chi connectivity index (χ0n) is 15.2. The zero-order chi connectivity index (χ0) is 17.7. The van der Waals surface area contributed by atoms with Crippen LogP contribution in [0.1, 0.15) is 35.6 Å². The van der Waals surface area contributed by atoms with Crippen molar-refractivity contribution in [3.8, 4) is 0 Å². The van der Waals surface area contributed by atoms with E-state index in [1.165, 1.54) is 27.7 Å². The number of carbonyl (C=O) groups is 1. The summed E-state index contributed by atoms with van der Waals surface area (Å²) in [5.41, 5.74) is 5.28. The van der Waals surface area contributed by atoms with Crippen LogP contribution in [-0.4, -0.2) is 28.5 Å². The average Bonchev–Trinajstić information content (AvgIpc) is 3.27. The largest absolute Gasteiger partial charge is 0.343 e. The molecule has 2 aromatic carbocycles. The van der Waals surface area contributed by atoms with Gasteiger partial charge in [-0.25, -0.2) is 0 Å². The summed E-state index contributed by atoms with van der Waals surface area (Å²) in [6, 6.07) is 19.6. The van der Waals surface area contributed by atoms with Gasteiger partial charge in [-0.2, -0.15) is 0 Å². The molecule has 2 atom stereocenters. The molecule has 1 amide bonds. The van der Waals surface area contributed by atoms with Crippen molar-refractivity contribution in [3.63, 3.8) is 0 Å². The Hall–Kier alpha value is -2.55. The number of hydrogen-bond donors (Lipinski definition) is 0. The molecule has 0 fully saturated rings. The fraction of sp³-hybridized carbons (Fsp3) is 0.348. The lowest BCUT2D eigenvalue weighted by Crippen LogP contribution is -2.44. The van der Waals surface area contributed by atoms with E-state index >= 15 is 0 Å². The molecular weight excluding hydrogens is 320 g/mol. The monoisotopic (exact) mass is 344 g/mol. The van der Waals surface area contributed by atoms with Crippen LogP contribution in [0.15, 0.2) is 54.6 Å². The maximum Gasteiger partial charge on any atom is 0.230 e. The third-order valence-electron chi connectivity index (χ3n) is 6.35. The fourth-order valence-electron chi connectivity index (χ4n) is 4.86. The number of hydrogen-bond acceptors (Lipinski definition) is 1. The van der Waals surface area contributed by atoms with E-state index in [2.05, 4.69) is 59.2 Å². The summed E-state index contributed by atoms with van der Waals surface area (Å²) >= 11 is 0. The van der Waals surface area contributed by atoms with E-state index in [0.717, 1.165) is 32.2 Å². The zero-order valence-corrected chi connectivity index (χ0v) is 15.2. The van der Waals surface area contributed by atoms with Crippen LogP contribution in [0.4, 0.5) is 0 Å². The lowest BCUT2D eigenvalue weighted by Gasteiger charge is -2.34. The predicted molar refractivity (Wildman–Crippen MR) is 104 cm³/mol. The van der Waals surface area contributed by atoms with Gasteiger partial charge in [0.2, 0.25) is 5.91 Å². The number of benzene rings is 2. The minimum Gasteiger partial charge on any atom is -0.343 e. The molecule has 2 heterocycles. The molecule has 0 saturated heterocycles. The third kappa shape index (κ3) is 2.38. The summed E-state index contributed by atoms with van der Waals surface area (Å²) in [6.45, 7) is 0.902. The number of fused-ring (bicyclic) bond motifs is 4. The molecule has 1 aromatic heterocycles. The SMILES string of the molecule is CN(C(=O)C1CCc2ccccc21)[C@@H]1CCc2cc3ccccc3n2C1. The van der Waals surface area contributed by atoms with Gasteiger partial charge in [0, 0.05) is 30.8 Å². The average molecular weight is 344 g/mol. The van der Waals surface area contributed by atoms with Gasteiger partial charge < -0.3 is 9.47 Å². The topological polar surface area (TPSA) is 25.2 Å². The van der Waals surface area contributed by atoms with Crippen LogP contribution in [0.25, 0.3) is 10.9 Å². The van der Waals surface area contributed by atoms with E-state index in [0.29, 0.717) is 5.91 Å². The normalized spacial score (nSPS) is 21.4. The van der Waals surface area contributed by atoms with E-state index in [1.54, 1.807) is 0 Å². The standard InChI is InChI=1S/C23H24N2O/c1-24(23(26)21-13-10-16-6-2-4-8-20(16)21)19-12-11-18-14-17-7-3-5-9-22(17)25(18)15-19/h2-9,14,19,21H,10-13,15H2,1H3/t19-,21?/m1/s1. The van der Waals surface area contributed by atoms with E-state index in [1.807, 2.05) is 11.9 Å². The molecule has 1 aliphatic heterocycles. The lowest BCUT2D eigenvalue weighted by atomic mass is 9.97. The minimum absolute atomic E-state index is 0.0407. The lowest BCUT2D eigenvalue weighted by molar-refractivity contribution is -0.134. The molecule has 0 spiro atoms. The van der Waals surface area contributed by atoms with Gasteiger partial charge in [0.05, 0.1) is 5.92 Å². The molecule has 1 unspecified atom stereocenters. The van der Waals surface area contributed by atoms with Crippen molar-refractivity contribution >= 4 is 16.8 Å². The first-order chi connectivity index (χ1) is 12.7. The Morgan fingerprint density at radius 1 is 1.04 bits per heavy atom. The van der Waals surface area contributed by atoms with Crippen LogP contribution in [0.2, 0.25) is 0 Å². The number of likely N-dealkylation sites (N-methyl/N-ethyl adjacent to an activating group) is 1. The smallest absolute Gasteiger partial charge is 0.230 e. The fourth-order valence-corrected chi connectivity index (χ4v) is 4.86. The van der Waals surface area contributed by atoms with Crippen LogP contribution >= 0.6 is 0 Å². The summed E-state index contributed by atoms with van der Waals surface area (Å²) in [7, 11) is 2.00. The second-order valence-electron chi connectivity index (χ2n) is 7.74. The maximum atomic E-state index is 13.2.